The van der Waals surface area contributed by atoms with Crippen molar-refractivity contribution in [3.05, 3.63) is 0 Å². The van der Waals surface area contributed by atoms with Gasteiger partial charge in [-0.1, -0.05) is 0 Å². The van der Waals surface area contributed by atoms with Crippen LogP contribution in [0.2, 0.25) is 0 Å². The summed E-state index contributed by atoms with van der Waals surface area (Å²) in [6.45, 7) is 4.15. The molecule has 0 aromatic heterocycles. The summed E-state index contributed by atoms with van der Waals surface area (Å²) >= 11 is 0. The second-order valence-electron chi connectivity index (χ2n) is 4.22. The summed E-state index contributed by atoms with van der Waals surface area (Å²) in [6, 6.07) is -1.65. The van der Waals surface area contributed by atoms with E-state index >= 15 is 0 Å². The van der Waals surface area contributed by atoms with Crippen LogP contribution in [-0.2, 0) is 19.6 Å². The van der Waals surface area contributed by atoms with E-state index < -0.39 is 39.2 Å². The number of carboxylic acid groups (broad SMARTS) is 2. The Labute approximate surface area is 93.5 Å². The van der Waals surface area contributed by atoms with Crippen LogP contribution in [0.25, 0.3) is 0 Å². The van der Waals surface area contributed by atoms with Gasteiger partial charge < -0.3 is 10.2 Å². The monoisotopic (exact) mass is 253 g/mol. The molecule has 0 spiro atoms. The molecule has 0 aromatic rings. The van der Waals surface area contributed by atoms with Gasteiger partial charge in [0.1, 0.15) is 6.04 Å². The summed E-state index contributed by atoms with van der Waals surface area (Å²) in [5.41, 5.74) is 0. The standard InChI is InChI=1S/C8H15NO6S/c1-8(2,3)16(14,15)9-5(7(12)13)4-6(10)11/h5,9H,4H2,1-3H3,(H,10,11)(H,12,13)/t5-/m0/s1. The summed E-state index contributed by atoms with van der Waals surface area (Å²) in [4.78, 5) is 21.0. The van der Waals surface area contributed by atoms with Crippen molar-refractivity contribution in [2.24, 2.45) is 0 Å². The molecule has 0 radical (unpaired) electrons. The van der Waals surface area contributed by atoms with Gasteiger partial charge in [-0.25, -0.2) is 8.42 Å². The van der Waals surface area contributed by atoms with Gasteiger partial charge in [0.25, 0.3) is 0 Å². The minimum Gasteiger partial charge on any atom is -0.481 e. The van der Waals surface area contributed by atoms with E-state index in [1.54, 1.807) is 0 Å². The van der Waals surface area contributed by atoms with Crippen LogP contribution in [0.1, 0.15) is 27.2 Å². The molecule has 0 heterocycles. The zero-order valence-electron chi connectivity index (χ0n) is 9.22. The Hall–Kier alpha value is -1.15. The first kappa shape index (κ1) is 14.8. The lowest BCUT2D eigenvalue weighted by atomic mass is 10.2. The minimum absolute atomic E-state index is 0.801. The highest BCUT2D eigenvalue weighted by Gasteiger charge is 2.34. The molecular weight excluding hydrogens is 238 g/mol. The fraction of sp³-hybridized carbons (Fsp3) is 0.750. The van der Waals surface area contributed by atoms with Crippen molar-refractivity contribution >= 4 is 22.0 Å². The van der Waals surface area contributed by atoms with E-state index in [9.17, 15) is 18.0 Å². The number of carboxylic acids is 2. The lowest BCUT2D eigenvalue weighted by Crippen LogP contribution is -2.48. The number of hydrogen-bond donors (Lipinski definition) is 3. The van der Waals surface area contributed by atoms with Crippen LogP contribution in [-0.4, -0.2) is 41.4 Å². The van der Waals surface area contributed by atoms with Crippen molar-refractivity contribution in [1.29, 1.82) is 0 Å². The molecule has 3 N–H and O–H groups in total. The number of hydrogen-bond acceptors (Lipinski definition) is 4. The summed E-state index contributed by atoms with van der Waals surface area (Å²) in [6.07, 6.45) is -0.801. The highest BCUT2D eigenvalue weighted by atomic mass is 32.2. The maximum Gasteiger partial charge on any atom is 0.322 e. The van der Waals surface area contributed by atoms with Crippen molar-refractivity contribution in [2.45, 2.75) is 38.0 Å². The second kappa shape index (κ2) is 4.79. The third kappa shape index (κ3) is 4.15. The topological polar surface area (TPSA) is 121 Å². The predicted octanol–water partition coefficient (Wildman–Crippen LogP) is -0.368. The van der Waals surface area contributed by atoms with Crippen molar-refractivity contribution in [3.8, 4) is 0 Å². The molecule has 0 unspecified atom stereocenters. The molecule has 0 fully saturated rings. The third-order valence-electron chi connectivity index (χ3n) is 1.78. The van der Waals surface area contributed by atoms with Gasteiger partial charge in [0.15, 0.2) is 0 Å². The molecule has 0 bridgehead atoms. The van der Waals surface area contributed by atoms with Gasteiger partial charge >= 0.3 is 11.9 Å². The summed E-state index contributed by atoms with van der Waals surface area (Å²) in [7, 11) is -3.88. The molecular formula is C8H15NO6S. The molecule has 0 aliphatic heterocycles. The highest BCUT2D eigenvalue weighted by Crippen LogP contribution is 2.14. The van der Waals surface area contributed by atoms with Crippen LogP contribution in [0, 0.1) is 0 Å². The molecule has 8 heteroatoms. The Morgan fingerprint density at radius 3 is 1.94 bits per heavy atom. The van der Waals surface area contributed by atoms with Gasteiger partial charge in [-0.3, -0.25) is 9.59 Å². The van der Waals surface area contributed by atoms with Gasteiger partial charge in [-0.2, -0.15) is 4.72 Å². The number of carbonyl (C=O) groups is 2. The van der Waals surface area contributed by atoms with Gasteiger partial charge in [0.05, 0.1) is 11.2 Å². The minimum atomic E-state index is -3.88. The van der Waals surface area contributed by atoms with Gasteiger partial charge in [-0.15, -0.1) is 0 Å². The smallest absolute Gasteiger partial charge is 0.322 e. The normalized spacial score (nSPS) is 14.4. The second-order valence-corrected chi connectivity index (χ2v) is 6.69. The largest absolute Gasteiger partial charge is 0.481 e. The molecule has 94 valence electrons. The third-order valence-corrected chi connectivity index (χ3v) is 3.99. The molecule has 0 aliphatic rings. The lowest BCUT2D eigenvalue weighted by Gasteiger charge is -2.22. The quantitative estimate of drug-likeness (QED) is 0.614. The first-order chi connectivity index (χ1) is 6.97. The molecule has 7 nitrogen and oxygen atoms in total. The SMILES string of the molecule is CC(C)(C)S(=O)(=O)N[C@@H](CC(=O)O)C(=O)O. The first-order valence-corrected chi connectivity index (χ1v) is 5.92. The van der Waals surface area contributed by atoms with Gasteiger partial charge in [0, 0.05) is 0 Å². The van der Waals surface area contributed by atoms with Crippen LogP contribution >= 0.6 is 0 Å². The number of nitrogens with one attached hydrogen (secondary N) is 1. The Bertz CT molecular complexity index is 380. The summed E-state index contributed by atoms with van der Waals surface area (Å²) in [5.74, 6) is -2.90. The number of rotatable bonds is 5. The zero-order chi connectivity index (χ0) is 13.1. The number of sulfonamides is 1. The van der Waals surface area contributed by atoms with Crippen LogP contribution < -0.4 is 4.72 Å². The molecule has 1 atom stereocenters. The van der Waals surface area contributed by atoms with Crippen LogP contribution in [0.4, 0.5) is 0 Å². The van der Waals surface area contributed by atoms with Crippen LogP contribution in [0.5, 0.6) is 0 Å². The molecule has 0 aliphatic carbocycles. The summed E-state index contributed by atoms with van der Waals surface area (Å²) in [5, 5.41) is 17.1. The zero-order valence-corrected chi connectivity index (χ0v) is 10.0. The molecule has 0 rings (SSSR count). The van der Waals surface area contributed by atoms with Crippen molar-refractivity contribution < 1.29 is 28.2 Å². The van der Waals surface area contributed by atoms with Crippen LogP contribution in [0.3, 0.4) is 0 Å². The number of aliphatic carboxylic acids is 2. The van der Waals surface area contributed by atoms with Crippen molar-refractivity contribution in [3.63, 3.8) is 0 Å². The maximum absolute atomic E-state index is 11.6. The van der Waals surface area contributed by atoms with E-state index in [0.717, 1.165) is 0 Å². The van der Waals surface area contributed by atoms with E-state index in [0.29, 0.717) is 0 Å². The molecule has 0 amide bonds. The Morgan fingerprint density at radius 1 is 1.25 bits per heavy atom. The molecule has 0 saturated heterocycles. The summed E-state index contributed by atoms with van der Waals surface area (Å²) < 4.78 is 23.8. The lowest BCUT2D eigenvalue weighted by molar-refractivity contribution is -0.145. The molecule has 0 aromatic carbocycles. The van der Waals surface area contributed by atoms with E-state index in [1.807, 2.05) is 4.72 Å². The fourth-order valence-corrected chi connectivity index (χ4v) is 1.63. The van der Waals surface area contributed by atoms with Crippen LogP contribution in [0.15, 0.2) is 0 Å². The Morgan fingerprint density at radius 2 is 1.69 bits per heavy atom. The highest BCUT2D eigenvalue weighted by molar-refractivity contribution is 7.90. The predicted molar refractivity (Wildman–Crippen MR) is 55.5 cm³/mol. The van der Waals surface area contributed by atoms with Crippen molar-refractivity contribution in [2.75, 3.05) is 0 Å². The van der Waals surface area contributed by atoms with E-state index in [2.05, 4.69) is 0 Å². The Kier molecular flexibility index (Phi) is 4.45. The maximum atomic E-state index is 11.6. The molecule has 0 saturated carbocycles. The van der Waals surface area contributed by atoms with Crippen molar-refractivity contribution in [1.82, 2.24) is 4.72 Å². The van der Waals surface area contributed by atoms with E-state index in [4.69, 9.17) is 10.2 Å². The van der Waals surface area contributed by atoms with Gasteiger partial charge in [0.2, 0.25) is 10.0 Å². The Balaban J connectivity index is 4.91. The fourth-order valence-electron chi connectivity index (χ4n) is 0.718. The molecule has 16 heavy (non-hydrogen) atoms. The first-order valence-electron chi connectivity index (χ1n) is 4.44. The van der Waals surface area contributed by atoms with E-state index in [1.165, 1.54) is 20.8 Å². The van der Waals surface area contributed by atoms with E-state index in [-0.39, 0.29) is 0 Å². The average molecular weight is 253 g/mol. The van der Waals surface area contributed by atoms with Gasteiger partial charge in [-0.05, 0) is 20.8 Å². The average Bonchev–Trinajstić information content (AvgIpc) is 1.98.